The van der Waals surface area contributed by atoms with Crippen molar-refractivity contribution in [3.8, 4) is 39.8 Å². The van der Waals surface area contributed by atoms with Gasteiger partial charge in [-0.2, -0.15) is 0 Å². The van der Waals surface area contributed by atoms with E-state index in [4.69, 9.17) is 14.2 Å². The summed E-state index contributed by atoms with van der Waals surface area (Å²) >= 11 is 0. The predicted octanol–water partition coefficient (Wildman–Crippen LogP) is 9.08. The second kappa shape index (κ2) is 19.4. The zero-order valence-corrected chi connectivity index (χ0v) is 37.0. The lowest BCUT2D eigenvalue weighted by molar-refractivity contribution is 0.148. The van der Waals surface area contributed by atoms with E-state index in [1.165, 1.54) is 43.5 Å². The number of rotatable bonds is 12. The molecule has 0 atom stereocenters. The van der Waals surface area contributed by atoms with E-state index >= 15 is 0 Å². The summed E-state index contributed by atoms with van der Waals surface area (Å²) in [5.74, 6) is 3.91. The van der Waals surface area contributed by atoms with Crippen LogP contribution < -0.4 is 24.8 Å². The fourth-order valence-electron chi connectivity index (χ4n) is 8.73. The van der Waals surface area contributed by atoms with Crippen molar-refractivity contribution in [2.75, 3.05) is 70.9 Å². The number of piperidine rings is 1. The monoisotopic (exact) mass is 869 g/mol. The van der Waals surface area contributed by atoms with Crippen molar-refractivity contribution in [2.45, 2.75) is 38.9 Å². The molecule has 2 fully saturated rings. The first-order chi connectivity index (χ1) is 32.0. The molecule has 8 aromatic rings. The molecule has 14 nitrogen and oxygen atoms in total. The van der Waals surface area contributed by atoms with E-state index in [2.05, 4.69) is 129 Å². The Morgan fingerprint density at radius 2 is 1.22 bits per heavy atom. The highest BCUT2D eigenvalue weighted by molar-refractivity contribution is 5.93. The first-order valence-corrected chi connectivity index (χ1v) is 22.5. The Morgan fingerprint density at radius 1 is 0.600 bits per heavy atom. The van der Waals surface area contributed by atoms with Crippen LogP contribution in [0.25, 0.3) is 44.6 Å². The number of H-pyrrole nitrogens is 2. The standard InChI is InChI=1S/C26H29N5O.C25H26N6O2/c1-32-22-7-5-6-20(14-22)16-27-25-23-15-24(30-26(23)29-18-28-25)21-10-8-19(9-11-21)17-31-12-3-2-4-13-31;1-30-8-10-31(11-9-30)14-17-2-4-18(5-3-17)21-13-20-24(26-15-27-25(20)29-21)28-19-6-7-22-23(12-19)33-16-32-22/h5-11,14-15,18H,2-4,12-13,16-17H2,1H3,(H2,27,28,29,30);2-7,12-13,15H,8-11,14,16H2,1H3,(H2,26,27,28,29). The van der Waals surface area contributed by atoms with Gasteiger partial charge in [0.05, 0.1) is 17.9 Å². The number of hydrogen-bond acceptors (Lipinski definition) is 12. The summed E-state index contributed by atoms with van der Waals surface area (Å²) in [7, 11) is 3.87. The first kappa shape index (κ1) is 42.0. The number of aromatic amines is 2. The lowest BCUT2D eigenvalue weighted by Gasteiger charge is -2.32. The highest BCUT2D eigenvalue weighted by Gasteiger charge is 2.17. The van der Waals surface area contributed by atoms with E-state index in [1.807, 2.05) is 36.4 Å². The van der Waals surface area contributed by atoms with Crippen molar-refractivity contribution in [1.29, 1.82) is 0 Å². The summed E-state index contributed by atoms with van der Waals surface area (Å²) in [6.45, 7) is 9.90. The SMILES string of the molecule is CN1CCN(Cc2ccc(-c3cc4c(Nc5ccc6c(c5)OCO6)ncnc4[nH]3)cc2)CC1.COc1cccc(CNc2ncnc3[nH]c(-c4ccc(CN5CCCCC5)cc4)cc23)c1. The minimum Gasteiger partial charge on any atom is -0.497 e. The minimum atomic E-state index is 0.256. The molecule has 4 aromatic heterocycles. The maximum absolute atomic E-state index is 5.48. The fraction of sp³-hybridized carbons (Fsp3) is 0.294. The quantitative estimate of drug-likeness (QED) is 0.0930. The predicted molar refractivity (Wildman–Crippen MR) is 257 cm³/mol. The van der Waals surface area contributed by atoms with Crippen molar-refractivity contribution in [2.24, 2.45) is 0 Å². The van der Waals surface area contributed by atoms with Crippen LogP contribution in [-0.2, 0) is 19.6 Å². The molecule has 4 N–H and O–H groups in total. The number of nitrogens with zero attached hydrogens (tertiary/aromatic N) is 7. The number of nitrogens with one attached hydrogen (secondary N) is 4. The van der Waals surface area contributed by atoms with Gasteiger partial charge in [0, 0.05) is 69.0 Å². The molecule has 0 aliphatic carbocycles. The molecule has 65 heavy (non-hydrogen) atoms. The van der Waals surface area contributed by atoms with Crippen LogP contribution in [0.2, 0.25) is 0 Å². The molecule has 0 radical (unpaired) electrons. The third-order valence-electron chi connectivity index (χ3n) is 12.5. The Balaban J connectivity index is 0.000000153. The molecule has 332 valence electrons. The van der Waals surface area contributed by atoms with Gasteiger partial charge >= 0.3 is 0 Å². The van der Waals surface area contributed by atoms with Gasteiger partial charge in [-0.05, 0) is 97.2 Å². The van der Waals surface area contributed by atoms with E-state index in [9.17, 15) is 0 Å². The Labute approximate surface area is 379 Å². The van der Waals surface area contributed by atoms with Gasteiger partial charge in [0.15, 0.2) is 11.5 Å². The second-order valence-electron chi connectivity index (χ2n) is 17.0. The third-order valence-corrected chi connectivity index (χ3v) is 12.5. The molecule has 0 saturated carbocycles. The summed E-state index contributed by atoms with van der Waals surface area (Å²) in [6.07, 6.45) is 7.18. The largest absolute Gasteiger partial charge is 0.497 e. The molecule has 11 rings (SSSR count). The number of fused-ring (bicyclic) bond motifs is 3. The van der Waals surface area contributed by atoms with Gasteiger partial charge in [-0.15, -0.1) is 0 Å². The van der Waals surface area contributed by atoms with Crippen molar-refractivity contribution in [3.05, 3.63) is 132 Å². The highest BCUT2D eigenvalue weighted by Crippen LogP contribution is 2.36. The summed E-state index contributed by atoms with van der Waals surface area (Å²) < 4.78 is 16.2. The van der Waals surface area contributed by atoms with Crippen LogP contribution in [0.3, 0.4) is 0 Å². The maximum atomic E-state index is 5.48. The molecular weight excluding hydrogens is 815 g/mol. The Kier molecular flexibility index (Phi) is 12.5. The summed E-state index contributed by atoms with van der Waals surface area (Å²) in [5.41, 5.74) is 10.7. The Morgan fingerprint density at radius 3 is 1.88 bits per heavy atom. The summed E-state index contributed by atoms with van der Waals surface area (Å²) in [6, 6.07) is 35.7. The molecule has 0 bridgehead atoms. The molecule has 0 spiro atoms. The number of aromatic nitrogens is 6. The van der Waals surface area contributed by atoms with Crippen LogP contribution in [0, 0.1) is 0 Å². The zero-order valence-electron chi connectivity index (χ0n) is 37.0. The van der Waals surface area contributed by atoms with Crippen molar-refractivity contribution >= 4 is 39.4 Å². The number of hydrogen-bond donors (Lipinski definition) is 4. The zero-order chi connectivity index (χ0) is 44.0. The molecule has 2 saturated heterocycles. The van der Waals surface area contributed by atoms with E-state index in [0.717, 1.165) is 124 Å². The van der Waals surface area contributed by atoms with Crippen LogP contribution >= 0.6 is 0 Å². The lowest BCUT2D eigenvalue weighted by Crippen LogP contribution is -2.43. The lowest BCUT2D eigenvalue weighted by atomic mass is 10.1. The molecule has 0 unspecified atom stereocenters. The molecule has 14 heteroatoms. The summed E-state index contributed by atoms with van der Waals surface area (Å²) in [4.78, 5) is 32.1. The molecule has 0 amide bonds. The van der Waals surface area contributed by atoms with Gasteiger partial charge in [0.1, 0.15) is 41.3 Å². The topological polar surface area (TPSA) is 145 Å². The molecule has 3 aliphatic heterocycles. The number of anilines is 3. The smallest absolute Gasteiger partial charge is 0.231 e. The van der Waals surface area contributed by atoms with E-state index < -0.39 is 0 Å². The van der Waals surface area contributed by atoms with Gasteiger partial charge in [-0.25, -0.2) is 19.9 Å². The van der Waals surface area contributed by atoms with Crippen molar-refractivity contribution in [1.82, 2.24) is 44.6 Å². The normalized spacial score (nSPS) is 15.5. The first-order valence-electron chi connectivity index (χ1n) is 22.5. The average Bonchev–Trinajstić information content (AvgIpc) is 4.12. The van der Waals surface area contributed by atoms with Crippen molar-refractivity contribution < 1.29 is 14.2 Å². The number of likely N-dealkylation sites (tertiary alicyclic amines) is 1. The van der Waals surface area contributed by atoms with Gasteiger partial charge < -0.3 is 39.7 Å². The van der Waals surface area contributed by atoms with Crippen LogP contribution in [0.5, 0.6) is 17.2 Å². The van der Waals surface area contributed by atoms with Gasteiger partial charge in [-0.3, -0.25) is 9.80 Å². The maximum Gasteiger partial charge on any atom is 0.231 e. The molecule has 7 heterocycles. The van der Waals surface area contributed by atoms with E-state index in [-0.39, 0.29) is 6.79 Å². The highest BCUT2D eigenvalue weighted by atomic mass is 16.7. The second-order valence-corrected chi connectivity index (χ2v) is 17.0. The fourth-order valence-corrected chi connectivity index (χ4v) is 8.73. The van der Waals surface area contributed by atoms with Crippen molar-refractivity contribution in [3.63, 3.8) is 0 Å². The molecular formula is C51H55N11O3. The van der Waals surface area contributed by atoms with Gasteiger partial charge in [-0.1, -0.05) is 67.1 Å². The molecule has 3 aliphatic rings. The van der Waals surface area contributed by atoms with Gasteiger partial charge in [0.2, 0.25) is 6.79 Å². The van der Waals surface area contributed by atoms with Crippen LogP contribution in [0.1, 0.15) is 36.0 Å². The number of piperazine rings is 1. The van der Waals surface area contributed by atoms with Crippen LogP contribution in [-0.4, -0.2) is 105 Å². The minimum absolute atomic E-state index is 0.256. The third kappa shape index (κ3) is 10.0. The number of likely N-dealkylation sites (N-methyl/N-ethyl adjacent to an activating group) is 1. The van der Waals surface area contributed by atoms with E-state index in [0.29, 0.717) is 6.54 Å². The number of benzene rings is 4. The Hall–Kier alpha value is -7.00. The summed E-state index contributed by atoms with van der Waals surface area (Å²) in [5, 5.41) is 8.75. The van der Waals surface area contributed by atoms with Crippen LogP contribution in [0.4, 0.5) is 17.3 Å². The molecule has 4 aromatic carbocycles. The Bertz CT molecular complexity index is 2850. The number of methoxy groups -OCH3 is 1. The van der Waals surface area contributed by atoms with E-state index in [1.54, 1.807) is 19.8 Å². The van der Waals surface area contributed by atoms with Crippen LogP contribution in [0.15, 0.2) is 116 Å². The number of ether oxygens (including phenoxy) is 3. The van der Waals surface area contributed by atoms with Gasteiger partial charge in [0.25, 0.3) is 0 Å². The average molecular weight is 870 g/mol.